The van der Waals surface area contributed by atoms with Crippen LogP contribution in [0.2, 0.25) is 0 Å². The quantitative estimate of drug-likeness (QED) is 0.349. The Balaban J connectivity index is 1.34. The van der Waals surface area contributed by atoms with Gasteiger partial charge in [0.15, 0.2) is 6.23 Å². The van der Waals surface area contributed by atoms with E-state index >= 15 is 0 Å². The molecule has 1 aliphatic carbocycles. The number of alkyl halides is 3. The topological polar surface area (TPSA) is 114 Å². The molecule has 1 fully saturated rings. The van der Waals surface area contributed by atoms with Gasteiger partial charge in [0, 0.05) is 19.0 Å². The third-order valence-corrected chi connectivity index (χ3v) is 9.45. The number of esters is 1. The molecule has 0 saturated carbocycles. The first kappa shape index (κ1) is 30.7. The molecule has 2 aliphatic rings. The SMILES string of the molecule is Cc1ccc(S(=O)(=O)N[C@@H]2C[C@H](C(=O)NCC3c4ccccc4CCc4ccccc43)CNC2OC(=O)C(F)(F)F)cc1. The number of hydrogen-bond acceptors (Lipinski definition) is 6. The van der Waals surface area contributed by atoms with Crippen molar-refractivity contribution in [3.63, 3.8) is 0 Å². The standard InChI is InChI=1S/C31H32F3N3O5S/c1-19-10-14-23(15-11-19)43(40,41)37-27-16-22(17-36-29(27)42-30(39)31(32,33)34)28(38)35-18-26-24-8-4-2-6-20(24)12-13-21-7-3-5-9-25(21)26/h2-11,14-15,22,26-27,29,36-37H,12-13,16-18H2,1H3,(H,35,38)/t22-,27+,29?/m0/s1. The second-order valence-corrected chi connectivity index (χ2v) is 12.6. The minimum Gasteiger partial charge on any atom is -0.438 e. The third-order valence-electron chi connectivity index (χ3n) is 7.95. The summed E-state index contributed by atoms with van der Waals surface area (Å²) in [4.78, 5) is 25.0. The van der Waals surface area contributed by atoms with E-state index in [0.29, 0.717) is 0 Å². The van der Waals surface area contributed by atoms with E-state index in [1.807, 2.05) is 36.4 Å². The molecule has 228 valence electrons. The lowest BCUT2D eigenvalue weighted by atomic mass is 9.87. The molecule has 43 heavy (non-hydrogen) atoms. The van der Waals surface area contributed by atoms with Crippen LogP contribution in [0.1, 0.15) is 40.2 Å². The fourth-order valence-electron chi connectivity index (χ4n) is 5.72. The van der Waals surface area contributed by atoms with Gasteiger partial charge in [-0.3, -0.25) is 10.1 Å². The van der Waals surface area contributed by atoms with Gasteiger partial charge in [-0.1, -0.05) is 66.2 Å². The predicted molar refractivity (Wildman–Crippen MR) is 152 cm³/mol. The highest BCUT2D eigenvalue weighted by Gasteiger charge is 2.46. The van der Waals surface area contributed by atoms with Gasteiger partial charge in [0.1, 0.15) is 0 Å². The number of halogens is 3. The number of piperidine rings is 1. The highest BCUT2D eigenvalue weighted by Crippen LogP contribution is 2.34. The van der Waals surface area contributed by atoms with E-state index in [2.05, 4.69) is 32.2 Å². The number of ether oxygens (including phenoxy) is 1. The molecule has 5 rings (SSSR count). The molecule has 12 heteroatoms. The lowest BCUT2D eigenvalue weighted by Crippen LogP contribution is -2.60. The molecule has 3 aromatic carbocycles. The first-order valence-electron chi connectivity index (χ1n) is 14.0. The van der Waals surface area contributed by atoms with E-state index in [9.17, 15) is 31.2 Å². The highest BCUT2D eigenvalue weighted by molar-refractivity contribution is 7.89. The summed E-state index contributed by atoms with van der Waals surface area (Å²) in [5.74, 6) is -3.79. The third kappa shape index (κ3) is 7.09. The van der Waals surface area contributed by atoms with Crippen molar-refractivity contribution in [2.45, 2.75) is 55.4 Å². The largest absolute Gasteiger partial charge is 0.490 e. The maximum atomic E-state index is 13.4. The molecule has 1 heterocycles. The lowest BCUT2D eigenvalue weighted by molar-refractivity contribution is -0.208. The molecule has 0 spiro atoms. The average Bonchev–Trinajstić information content (AvgIpc) is 3.13. The van der Waals surface area contributed by atoms with Crippen LogP contribution in [0.4, 0.5) is 13.2 Å². The molecule has 8 nitrogen and oxygen atoms in total. The Kier molecular flexibility index (Phi) is 8.91. The highest BCUT2D eigenvalue weighted by atomic mass is 32.2. The molecule has 0 radical (unpaired) electrons. The van der Waals surface area contributed by atoms with E-state index in [0.717, 1.165) is 29.5 Å². The number of nitrogens with one attached hydrogen (secondary N) is 3. The summed E-state index contributed by atoms with van der Waals surface area (Å²) in [6.45, 7) is 1.93. The molecular formula is C31H32F3N3O5S. The van der Waals surface area contributed by atoms with Crippen molar-refractivity contribution in [2.24, 2.45) is 5.92 Å². The summed E-state index contributed by atoms with van der Waals surface area (Å²) in [7, 11) is -4.22. The second kappa shape index (κ2) is 12.5. The van der Waals surface area contributed by atoms with Crippen molar-refractivity contribution in [1.82, 2.24) is 15.4 Å². The number of hydrogen-bond donors (Lipinski definition) is 3. The zero-order valence-electron chi connectivity index (χ0n) is 23.4. The molecule has 1 amide bonds. The number of fused-ring (bicyclic) bond motifs is 2. The van der Waals surface area contributed by atoms with E-state index in [1.165, 1.54) is 23.3 Å². The van der Waals surface area contributed by atoms with Gasteiger partial charge in [0.25, 0.3) is 0 Å². The zero-order chi connectivity index (χ0) is 30.8. The summed E-state index contributed by atoms with van der Waals surface area (Å²) in [6, 6.07) is 20.7. The molecule has 0 bridgehead atoms. The van der Waals surface area contributed by atoms with Gasteiger partial charge in [0.2, 0.25) is 15.9 Å². The van der Waals surface area contributed by atoms with Crippen molar-refractivity contribution in [2.75, 3.05) is 13.1 Å². The van der Waals surface area contributed by atoms with E-state index in [1.54, 1.807) is 19.1 Å². The minimum atomic E-state index is -5.28. The Hall–Kier alpha value is -3.74. The molecule has 3 atom stereocenters. The van der Waals surface area contributed by atoms with Crippen LogP contribution in [-0.4, -0.2) is 51.8 Å². The van der Waals surface area contributed by atoms with Crippen LogP contribution in [0.15, 0.2) is 77.7 Å². The number of carbonyl (C=O) groups excluding carboxylic acids is 2. The summed E-state index contributed by atoms with van der Waals surface area (Å²) >= 11 is 0. The van der Waals surface area contributed by atoms with Gasteiger partial charge < -0.3 is 10.1 Å². The molecule has 1 unspecified atom stereocenters. The predicted octanol–water partition coefficient (Wildman–Crippen LogP) is 3.73. The van der Waals surface area contributed by atoms with Crippen molar-refractivity contribution in [3.05, 3.63) is 101 Å². The van der Waals surface area contributed by atoms with Crippen LogP contribution in [0, 0.1) is 12.8 Å². The Morgan fingerprint density at radius 1 is 0.930 bits per heavy atom. The summed E-state index contributed by atoms with van der Waals surface area (Å²) in [6.07, 6.45) is -5.38. The van der Waals surface area contributed by atoms with Crippen LogP contribution in [0.25, 0.3) is 0 Å². The van der Waals surface area contributed by atoms with E-state index in [-0.39, 0.29) is 30.3 Å². The zero-order valence-corrected chi connectivity index (χ0v) is 24.2. The maximum absolute atomic E-state index is 13.4. The van der Waals surface area contributed by atoms with Crippen molar-refractivity contribution >= 4 is 21.9 Å². The van der Waals surface area contributed by atoms with Gasteiger partial charge in [-0.15, -0.1) is 0 Å². The van der Waals surface area contributed by atoms with Gasteiger partial charge in [-0.25, -0.2) is 17.9 Å². The monoisotopic (exact) mass is 615 g/mol. The molecule has 0 aromatic heterocycles. The Labute approximate surface area is 248 Å². The van der Waals surface area contributed by atoms with Gasteiger partial charge in [-0.2, -0.15) is 13.2 Å². The van der Waals surface area contributed by atoms with Crippen LogP contribution < -0.4 is 15.4 Å². The Morgan fingerprint density at radius 2 is 1.51 bits per heavy atom. The van der Waals surface area contributed by atoms with Crippen molar-refractivity contribution < 1.29 is 35.9 Å². The van der Waals surface area contributed by atoms with E-state index < -0.39 is 46.3 Å². The van der Waals surface area contributed by atoms with Gasteiger partial charge in [-0.05, 0) is 60.6 Å². The first-order chi connectivity index (χ1) is 20.4. The second-order valence-electron chi connectivity index (χ2n) is 10.9. The summed E-state index contributed by atoms with van der Waals surface area (Å²) in [5, 5.41) is 5.62. The molecule has 3 aromatic rings. The number of benzene rings is 3. The molecule has 1 aliphatic heterocycles. The number of aryl methyl sites for hydroxylation is 3. The van der Waals surface area contributed by atoms with Crippen molar-refractivity contribution in [3.8, 4) is 0 Å². The normalized spacial score (nSPS) is 20.8. The molecular weight excluding hydrogens is 583 g/mol. The Bertz CT molecular complexity index is 1550. The molecule has 1 saturated heterocycles. The maximum Gasteiger partial charge on any atom is 0.490 e. The van der Waals surface area contributed by atoms with Crippen LogP contribution >= 0.6 is 0 Å². The Morgan fingerprint density at radius 3 is 2.09 bits per heavy atom. The number of amides is 1. The number of carbonyl (C=O) groups is 2. The van der Waals surface area contributed by atoms with Crippen molar-refractivity contribution in [1.29, 1.82) is 0 Å². The van der Waals surface area contributed by atoms with Crippen LogP contribution in [0.5, 0.6) is 0 Å². The first-order valence-corrected chi connectivity index (χ1v) is 15.4. The van der Waals surface area contributed by atoms with Gasteiger partial charge >= 0.3 is 12.1 Å². The molecule has 3 N–H and O–H groups in total. The van der Waals surface area contributed by atoms with Gasteiger partial charge in [0.05, 0.1) is 16.9 Å². The smallest absolute Gasteiger partial charge is 0.438 e. The summed E-state index contributed by atoms with van der Waals surface area (Å²) in [5.41, 5.74) is 5.41. The number of sulfonamides is 1. The average molecular weight is 616 g/mol. The van der Waals surface area contributed by atoms with Crippen LogP contribution in [-0.2, 0) is 37.2 Å². The lowest BCUT2D eigenvalue weighted by Gasteiger charge is -2.36. The van der Waals surface area contributed by atoms with E-state index in [4.69, 9.17) is 0 Å². The fourth-order valence-corrected chi connectivity index (χ4v) is 6.97. The summed E-state index contributed by atoms with van der Waals surface area (Å²) < 4.78 is 72.2. The minimum absolute atomic E-state index is 0.115. The fraction of sp³-hybridized carbons (Fsp3) is 0.355. The van der Waals surface area contributed by atoms with Crippen LogP contribution in [0.3, 0.4) is 0 Å². The number of rotatable bonds is 7.